The van der Waals surface area contributed by atoms with E-state index in [1.807, 2.05) is 7.05 Å². The number of Topliss-reactive ketones (excluding diaryl/α,β-unsaturated/α-hetero) is 1. The molecular formula is C21H31NO2. The molecule has 5 saturated carbocycles. The van der Waals surface area contributed by atoms with Gasteiger partial charge in [0.25, 0.3) is 0 Å². The monoisotopic (exact) mass is 329 g/mol. The van der Waals surface area contributed by atoms with E-state index in [-0.39, 0.29) is 17.1 Å². The Labute approximate surface area is 145 Å². The third kappa shape index (κ3) is 1.73. The van der Waals surface area contributed by atoms with Crippen LogP contribution in [-0.2, 0) is 4.79 Å². The maximum absolute atomic E-state index is 13.3. The summed E-state index contributed by atoms with van der Waals surface area (Å²) < 4.78 is 0. The number of aliphatic hydroxyl groups is 1. The SMILES string of the molecule is C=C1C(=O)C23CCC1CC2[C@]1(CNC)CCCC(C)C1C(=C)C3O. The topological polar surface area (TPSA) is 49.3 Å². The highest BCUT2D eigenvalue weighted by Crippen LogP contribution is 2.70. The molecule has 0 saturated heterocycles. The van der Waals surface area contributed by atoms with Crippen molar-refractivity contribution in [3.05, 3.63) is 24.3 Å². The maximum atomic E-state index is 13.3. The fraction of sp³-hybridized carbons (Fsp3) is 0.762. The average Bonchev–Trinajstić information content (AvgIpc) is 2.57. The zero-order valence-corrected chi connectivity index (χ0v) is 15.1. The van der Waals surface area contributed by atoms with Crippen molar-refractivity contribution in [1.29, 1.82) is 0 Å². The minimum atomic E-state index is -0.691. The molecule has 5 aliphatic carbocycles. The summed E-state index contributed by atoms with van der Waals surface area (Å²) in [5.74, 6) is 1.60. The zero-order valence-electron chi connectivity index (χ0n) is 15.1. The van der Waals surface area contributed by atoms with Gasteiger partial charge in [-0.15, -0.1) is 0 Å². The van der Waals surface area contributed by atoms with Crippen LogP contribution in [0.1, 0.15) is 45.4 Å². The molecule has 1 spiro atoms. The Morgan fingerprint density at radius 3 is 2.75 bits per heavy atom. The molecule has 7 atom stereocenters. The van der Waals surface area contributed by atoms with Gasteiger partial charge in [-0.2, -0.15) is 0 Å². The van der Waals surface area contributed by atoms with Crippen LogP contribution in [0.4, 0.5) is 0 Å². The molecule has 132 valence electrons. The zero-order chi connectivity index (χ0) is 17.3. The van der Waals surface area contributed by atoms with Gasteiger partial charge in [-0.3, -0.25) is 4.79 Å². The van der Waals surface area contributed by atoms with Crippen LogP contribution < -0.4 is 5.32 Å². The summed E-state index contributed by atoms with van der Waals surface area (Å²) in [7, 11) is 2.02. The first-order chi connectivity index (χ1) is 11.4. The minimum absolute atomic E-state index is 0.0672. The van der Waals surface area contributed by atoms with Crippen molar-refractivity contribution >= 4 is 5.78 Å². The second-order valence-corrected chi connectivity index (χ2v) is 9.01. The molecule has 3 nitrogen and oxygen atoms in total. The fourth-order valence-corrected chi connectivity index (χ4v) is 7.39. The Hall–Kier alpha value is -0.930. The van der Waals surface area contributed by atoms with Crippen LogP contribution in [0, 0.1) is 34.5 Å². The first-order valence-electron chi connectivity index (χ1n) is 9.65. The summed E-state index contributed by atoms with van der Waals surface area (Å²) in [5, 5.41) is 14.7. The lowest BCUT2D eigenvalue weighted by atomic mass is 9.36. The van der Waals surface area contributed by atoms with Crippen molar-refractivity contribution in [2.45, 2.75) is 51.6 Å². The van der Waals surface area contributed by atoms with Crippen LogP contribution in [0.25, 0.3) is 0 Å². The highest BCUT2D eigenvalue weighted by atomic mass is 16.3. The van der Waals surface area contributed by atoms with E-state index in [1.54, 1.807) is 0 Å². The molecule has 5 aliphatic rings. The Bertz CT molecular complexity index is 607. The van der Waals surface area contributed by atoms with E-state index in [0.29, 0.717) is 17.8 Å². The summed E-state index contributed by atoms with van der Waals surface area (Å²) in [6, 6.07) is 0. The Balaban J connectivity index is 1.91. The second-order valence-electron chi connectivity index (χ2n) is 9.01. The number of carbonyl (C=O) groups excluding carboxylic acids is 1. The Morgan fingerprint density at radius 2 is 2.04 bits per heavy atom. The standard InChI is InChI=1S/C21H31NO2/c1-12-6-5-8-20(11-22-4)16-10-15-7-9-21(16,18(23)13(15)2)19(24)14(3)17(12)20/h12,15-17,19,22,24H,2-3,5-11H2,1,4H3/t12?,15?,16?,17?,19?,20-,21?/m1/s1. The van der Waals surface area contributed by atoms with Crippen LogP contribution in [0.15, 0.2) is 24.3 Å². The van der Waals surface area contributed by atoms with Gasteiger partial charge in [0.05, 0.1) is 11.5 Å². The van der Waals surface area contributed by atoms with Crippen LogP contribution >= 0.6 is 0 Å². The lowest BCUT2D eigenvalue weighted by Gasteiger charge is -2.68. The second kappa shape index (κ2) is 5.28. The van der Waals surface area contributed by atoms with E-state index in [0.717, 1.165) is 43.4 Å². The van der Waals surface area contributed by atoms with E-state index in [4.69, 9.17) is 0 Å². The lowest BCUT2D eigenvalue weighted by molar-refractivity contribution is -0.185. The first-order valence-corrected chi connectivity index (χ1v) is 9.65. The van der Waals surface area contributed by atoms with E-state index < -0.39 is 11.5 Å². The smallest absolute Gasteiger partial charge is 0.167 e. The van der Waals surface area contributed by atoms with Crippen LogP contribution in [0.3, 0.4) is 0 Å². The molecule has 2 bridgehead atoms. The average molecular weight is 329 g/mol. The molecule has 0 aromatic carbocycles. The predicted octanol–water partition coefficient (Wildman–Crippen LogP) is 3.10. The summed E-state index contributed by atoms with van der Waals surface area (Å²) >= 11 is 0. The molecule has 0 aliphatic heterocycles. The van der Waals surface area contributed by atoms with Gasteiger partial charge >= 0.3 is 0 Å². The van der Waals surface area contributed by atoms with Gasteiger partial charge in [0.1, 0.15) is 0 Å². The number of carbonyl (C=O) groups is 1. The molecule has 0 aromatic heterocycles. The van der Waals surface area contributed by atoms with E-state index in [1.165, 1.54) is 12.8 Å². The molecule has 0 aromatic rings. The third-order valence-electron chi connectivity index (χ3n) is 8.18. The molecule has 0 radical (unpaired) electrons. The number of hydrogen-bond acceptors (Lipinski definition) is 3. The van der Waals surface area contributed by atoms with E-state index in [2.05, 4.69) is 25.4 Å². The molecule has 0 heterocycles. The van der Waals surface area contributed by atoms with Crippen molar-refractivity contribution < 1.29 is 9.90 Å². The fourth-order valence-electron chi connectivity index (χ4n) is 7.39. The van der Waals surface area contributed by atoms with Crippen molar-refractivity contribution in [2.24, 2.45) is 34.5 Å². The highest BCUT2D eigenvalue weighted by Gasteiger charge is 2.70. The normalized spacial score (nSPS) is 50.6. The molecule has 3 heteroatoms. The third-order valence-corrected chi connectivity index (χ3v) is 8.18. The summed E-state index contributed by atoms with van der Waals surface area (Å²) in [4.78, 5) is 13.3. The quantitative estimate of drug-likeness (QED) is 0.604. The number of allylic oxidation sites excluding steroid dienone is 1. The largest absolute Gasteiger partial charge is 0.388 e. The predicted molar refractivity (Wildman–Crippen MR) is 95.4 cm³/mol. The highest BCUT2D eigenvalue weighted by molar-refractivity contribution is 6.02. The number of hydrogen-bond donors (Lipinski definition) is 2. The molecule has 6 unspecified atom stereocenters. The van der Waals surface area contributed by atoms with Gasteiger partial charge in [0.15, 0.2) is 5.78 Å². The number of nitrogens with one attached hydrogen (secondary N) is 1. The van der Waals surface area contributed by atoms with Crippen molar-refractivity contribution in [3.63, 3.8) is 0 Å². The van der Waals surface area contributed by atoms with Crippen molar-refractivity contribution in [1.82, 2.24) is 5.32 Å². The number of rotatable bonds is 2. The van der Waals surface area contributed by atoms with Gasteiger partial charge in [0, 0.05) is 6.54 Å². The maximum Gasteiger partial charge on any atom is 0.167 e. The molecule has 5 rings (SSSR count). The van der Waals surface area contributed by atoms with Gasteiger partial charge in [-0.25, -0.2) is 0 Å². The molecule has 24 heavy (non-hydrogen) atoms. The van der Waals surface area contributed by atoms with Crippen LogP contribution in [0.5, 0.6) is 0 Å². The van der Waals surface area contributed by atoms with Crippen molar-refractivity contribution in [3.8, 4) is 0 Å². The van der Waals surface area contributed by atoms with Crippen LogP contribution in [0.2, 0.25) is 0 Å². The number of aliphatic hydroxyl groups excluding tert-OH is 1. The lowest BCUT2D eigenvalue weighted by Crippen LogP contribution is -2.69. The van der Waals surface area contributed by atoms with Gasteiger partial charge < -0.3 is 10.4 Å². The van der Waals surface area contributed by atoms with Crippen molar-refractivity contribution in [2.75, 3.05) is 13.6 Å². The van der Waals surface area contributed by atoms with Gasteiger partial charge in [-0.05, 0) is 73.0 Å². The Morgan fingerprint density at radius 1 is 1.29 bits per heavy atom. The van der Waals surface area contributed by atoms with Gasteiger partial charge in [-0.1, -0.05) is 32.9 Å². The van der Waals surface area contributed by atoms with Gasteiger partial charge in [0.2, 0.25) is 0 Å². The van der Waals surface area contributed by atoms with E-state index >= 15 is 0 Å². The summed E-state index contributed by atoms with van der Waals surface area (Å²) in [6.07, 6.45) is 5.71. The molecular weight excluding hydrogens is 298 g/mol. The van der Waals surface area contributed by atoms with E-state index in [9.17, 15) is 9.90 Å². The van der Waals surface area contributed by atoms with Crippen LogP contribution in [-0.4, -0.2) is 30.6 Å². The number of ketones is 1. The Kier molecular flexibility index (Phi) is 3.64. The number of fused-ring (bicyclic) bond motifs is 3. The minimum Gasteiger partial charge on any atom is -0.388 e. The molecule has 5 fully saturated rings. The first kappa shape index (κ1) is 16.5. The molecule has 2 N–H and O–H groups in total. The molecule has 0 amide bonds. The summed E-state index contributed by atoms with van der Waals surface area (Å²) in [5.41, 5.74) is 1.12. The summed E-state index contributed by atoms with van der Waals surface area (Å²) in [6.45, 7) is 11.7.